The average molecular weight is 359 g/mol. The van der Waals surface area contributed by atoms with Crippen LogP contribution in [0.15, 0.2) is 42.6 Å². The summed E-state index contributed by atoms with van der Waals surface area (Å²) in [6.45, 7) is 3.83. The molecular weight excluding hydrogens is 343 g/mol. The van der Waals surface area contributed by atoms with Gasteiger partial charge < -0.3 is 10.6 Å². The summed E-state index contributed by atoms with van der Waals surface area (Å²) in [6.07, 6.45) is 1.43. The smallest absolute Gasteiger partial charge is 0.185 e. The van der Waals surface area contributed by atoms with Gasteiger partial charge in [0.15, 0.2) is 11.6 Å². The highest BCUT2D eigenvalue weighted by molar-refractivity contribution is 5.64. The van der Waals surface area contributed by atoms with E-state index >= 15 is 0 Å². The van der Waals surface area contributed by atoms with Crippen molar-refractivity contribution >= 4 is 17.3 Å². The predicted octanol–water partition coefficient (Wildman–Crippen LogP) is 4.52. The maximum atomic E-state index is 14.1. The molecule has 134 valence electrons. The third-order valence-electron chi connectivity index (χ3n) is 3.27. The molecule has 0 saturated heterocycles. The van der Waals surface area contributed by atoms with Crippen LogP contribution in [0.25, 0.3) is 11.5 Å². The molecule has 3 aromatic rings. The zero-order valence-corrected chi connectivity index (χ0v) is 14.1. The number of hydrogen-bond acceptors (Lipinski definition) is 5. The molecule has 0 radical (unpaired) electrons. The second-order valence-electron chi connectivity index (χ2n) is 5.88. The van der Waals surface area contributed by atoms with Gasteiger partial charge in [0.1, 0.15) is 29.0 Å². The number of rotatable bonds is 5. The van der Waals surface area contributed by atoms with Crippen molar-refractivity contribution in [3.8, 4) is 11.5 Å². The molecule has 0 amide bonds. The number of nitrogens with zero attached hydrogens (tertiary/aromatic N) is 3. The summed E-state index contributed by atoms with van der Waals surface area (Å²) >= 11 is 0. The Kier molecular flexibility index (Phi) is 5.01. The van der Waals surface area contributed by atoms with Gasteiger partial charge in [-0.05, 0) is 38.1 Å². The average Bonchev–Trinajstić information content (AvgIpc) is 2.53. The molecule has 0 spiro atoms. The first-order chi connectivity index (χ1) is 12.4. The number of hydrogen-bond donors (Lipinski definition) is 2. The van der Waals surface area contributed by atoms with E-state index in [-0.39, 0.29) is 29.1 Å². The summed E-state index contributed by atoms with van der Waals surface area (Å²) in [6, 6.07) is 7.36. The molecule has 0 bridgehead atoms. The lowest BCUT2D eigenvalue weighted by Crippen LogP contribution is -2.12. The van der Waals surface area contributed by atoms with Crippen molar-refractivity contribution in [2.75, 3.05) is 10.6 Å². The van der Waals surface area contributed by atoms with E-state index in [2.05, 4.69) is 25.6 Å². The van der Waals surface area contributed by atoms with E-state index in [9.17, 15) is 13.2 Å². The fourth-order valence-corrected chi connectivity index (χ4v) is 2.31. The Bertz CT molecular complexity index is 910. The molecule has 8 heteroatoms. The summed E-state index contributed by atoms with van der Waals surface area (Å²) in [7, 11) is 0. The summed E-state index contributed by atoms with van der Waals surface area (Å²) in [5.41, 5.74) is 0.150. The zero-order valence-electron chi connectivity index (χ0n) is 14.1. The van der Waals surface area contributed by atoms with Crippen LogP contribution in [0.2, 0.25) is 0 Å². The first-order valence-electron chi connectivity index (χ1n) is 7.90. The molecule has 0 unspecified atom stereocenters. The molecule has 26 heavy (non-hydrogen) atoms. The number of anilines is 3. The molecule has 2 heterocycles. The Morgan fingerprint density at radius 2 is 1.62 bits per heavy atom. The minimum atomic E-state index is -0.724. The van der Waals surface area contributed by atoms with E-state index < -0.39 is 17.5 Å². The Hall–Kier alpha value is -3.16. The monoisotopic (exact) mass is 359 g/mol. The third kappa shape index (κ3) is 4.27. The van der Waals surface area contributed by atoms with Crippen molar-refractivity contribution in [2.24, 2.45) is 0 Å². The number of aromatic nitrogens is 3. The van der Waals surface area contributed by atoms with Gasteiger partial charge in [-0.15, -0.1) is 0 Å². The van der Waals surface area contributed by atoms with Gasteiger partial charge in [-0.2, -0.15) is 0 Å². The van der Waals surface area contributed by atoms with Gasteiger partial charge >= 0.3 is 0 Å². The topological polar surface area (TPSA) is 62.7 Å². The Balaban J connectivity index is 2.03. The third-order valence-corrected chi connectivity index (χ3v) is 3.27. The second kappa shape index (κ2) is 7.38. The van der Waals surface area contributed by atoms with Gasteiger partial charge in [0, 0.05) is 30.1 Å². The van der Waals surface area contributed by atoms with Crippen molar-refractivity contribution in [2.45, 2.75) is 19.9 Å². The maximum Gasteiger partial charge on any atom is 0.185 e. The van der Waals surface area contributed by atoms with E-state index in [0.29, 0.717) is 5.82 Å². The SMILES string of the molecule is CC(C)Nc1cc(Nc2cc(F)cc(F)c2)nc(-c2ncccc2F)n1. The number of pyridine rings is 1. The minimum absolute atomic E-state index is 0.0200. The van der Waals surface area contributed by atoms with Crippen molar-refractivity contribution in [3.63, 3.8) is 0 Å². The summed E-state index contributed by atoms with van der Waals surface area (Å²) in [5, 5.41) is 5.90. The molecule has 2 aromatic heterocycles. The molecule has 0 fully saturated rings. The van der Waals surface area contributed by atoms with Crippen LogP contribution in [-0.4, -0.2) is 21.0 Å². The standard InChI is InChI=1S/C18H16F3N5/c1-10(2)23-15-9-16(24-13-7-11(19)6-12(20)8-13)26-18(25-15)17-14(21)4-3-5-22-17/h3-10H,1-2H3,(H2,23,24,25,26). The van der Waals surface area contributed by atoms with Gasteiger partial charge in [-0.25, -0.2) is 28.1 Å². The van der Waals surface area contributed by atoms with Gasteiger partial charge in [-0.1, -0.05) is 0 Å². The molecule has 0 aliphatic carbocycles. The van der Waals surface area contributed by atoms with Gasteiger partial charge in [0.05, 0.1) is 0 Å². The predicted molar refractivity (Wildman–Crippen MR) is 93.6 cm³/mol. The number of nitrogens with one attached hydrogen (secondary N) is 2. The Morgan fingerprint density at radius 1 is 0.923 bits per heavy atom. The van der Waals surface area contributed by atoms with Crippen LogP contribution >= 0.6 is 0 Å². The highest BCUT2D eigenvalue weighted by Crippen LogP contribution is 2.24. The maximum absolute atomic E-state index is 14.1. The lowest BCUT2D eigenvalue weighted by molar-refractivity contribution is 0.584. The van der Waals surface area contributed by atoms with Crippen LogP contribution in [0.3, 0.4) is 0 Å². The molecule has 0 saturated carbocycles. The van der Waals surface area contributed by atoms with Crippen LogP contribution in [0, 0.1) is 17.5 Å². The van der Waals surface area contributed by atoms with E-state index in [4.69, 9.17) is 0 Å². The molecule has 2 N–H and O–H groups in total. The molecule has 3 rings (SSSR count). The molecule has 0 aliphatic heterocycles. The summed E-state index contributed by atoms with van der Waals surface area (Å²) in [4.78, 5) is 12.5. The Labute approximate surface area is 148 Å². The normalized spacial score (nSPS) is 10.8. The van der Waals surface area contributed by atoms with Crippen LogP contribution in [0.4, 0.5) is 30.5 Å². The summed E-state index contributed by atoms with van der Waals surface area (Å²) in [5.74, 6) is -1.30. The largest absolute Gasteiger partial charge is 0.368 e. The van der Waals surface area contributed by atoms with Crippen molar-refractivity contribution in [1.82, 2.24) is 15.0 Å². The lowest BCUT2D eigenvalue weighted by atomic mass is 10.3. The van der Waals surface area contributed by atoms with Gasteiger partial charge in [-0.3, -0.25) is 0 Å². The molecule has 0 atom stereocenters. The van der Waals surface area contributed by atoms with E-state index in [0.717, 1.165) is 18.2 Å². The lowest BCUT2D eigenvalue weighted by Gasteiger charge is -2.13. The first-order valence-corrected chi connectivity index (χ1v) is 7.90. The number of halogens is 3. The highest BCUT2D eigenvalue weighted by Gasteiger charge is 2.13. The van der Waals surface area contributed by atoms with Gasteiger partial charge in [0.25, 0.3) is 0 Å². The molecule has 0 aliphatic rings. The molecule has 5 nitrogen and oxygen atoms in total. The summed E-state index contributed by atoms with van der Waals surface area (Å²) < 4.78 is 40.8. The van der Waals surface area contributed by atoms with Crippen LogP contribution < -0.4 is 10.6 Å². The van der Waals surface area contributed by atoms with E-state index in [1.54, 1.807) is 6.07 Å². The molecular formula is C18H16F3N5. The van der Waals surface area contributed by atoms with Crippen LogP contribution in [-0.2, 0) is 0 Å². The van der Waals surface area contributed by atoms with Gasteiger partial charge in [0.2, 0.25) is 0 Å². The van der Waals surface area contributed by atoms with Crippen LogP contribution in [0.5, 0.6) is 0 Å². The fraction of sp³-hybridized carbons (Fsp3) is 0.167. The minimum Gasteiger partial charge on any atom is -0.368 e. The van der Waals surface area contributed by atoms with Crippen molar-refractivity contribution in [3.05, 3.63) is 60.0 Å². The zero-order chi connectivity index (χ0) is 18.7. The van der Waals surface area contributed by atoms with Crippen molar-refractivity contribution in [1.29, 1.82) is 0 Å². The first kappa shape index (κ1) is 17.7. The highest BCUT2D eigenvalue weighted by atomic mass is 19.1. The van der Waals surface area contributed by atoms with E-state index in [1.165, 1.54) is 18.3 Å². The Morgan fingerprint density at radius 3 is 2.27 bits per heavy atom. The fourth-order valence-electron chi connectivity index (χ4n) is 2.31. The molecule has 1 aromatic carbocycles. The quantitative estimate of drug-likeness (QED) is 0.701. The van der Waals surface area contributed by atoms with E-state index in [1.807, 2.05) is 13.8 Å². The second-order valence-corrected chi connectivity index (χ2v) is 5.88. The number of benzene rings is 1. The van der Waals surface area contributed by atoms with Crippen molar-refractivity contribution < 1.29 is 13.2 Å². The van der Waals surface area contributed by atoms with Crippen LogP contribution in [0.1, 0.15) is 13.8 Å².